The number of nitrogens with one attached hydrogen (secondary N) is 1. The maximum atomic E-state index is 12.7. The van der Waals surface area contributed by atoms with Gasteiger partial charge in [-0.2, -0.15) is 4.98 Å². The van der Waals surface area contributed by atoms with E-state index in [2.05, 4.69) is 15.5 Å². The normalized spacial score (nSPS) is 17.9. The molecule has 1 heterocycles. The van der Waals surface area contributed by atoms with Gasteiger partial charge in [-0.15, -0.1) is 0 Å². The highest BCUT2D eigenvalue weighted by molar-refractivity contribution is 5.81. The molecule has 0 saturated heterocycles. The Balaban J connectivity index is 1.73. The Bertz CT molecular complexity index is 678. The molecule has 1 amide bonds. The SMILES string of the molecule is Cc1nc(C2(NC(=O)C(C)Oc3ccccc3)CCCCC2)no1. The lowest BCUT2D eigenvalue weighted by atomic mass is 9.81. The number of benzene rings is 1. The first-order valence-electron chi connectivity index (χ1n) is 8.44. The highest BCUT2D eigenvalue weighted by Crippen LogP contribution is 2.35. The van der Waals surface area contributed by atoms with Gasteiger partial charge < -0.3 is 14.6 Å². The Kier molecular flexibility index (Phi) is 4.83. The Morgan fingerprint density at radius 1 is 1.25 bits per heavy atom. The number of hydrogen-bond acceptors (Lipinski definition) is 5. The maximum absolute atomic E-state index is 12.7. The van der Waals surface area contributed by atoms with Gasteiger partial charge in [0.15, 0.2) is 11.9 Å². The summed E-state index contributed by atoms with van der Waals surface area (Å²) in [6, 6.07) is 9.34. The lowest BCUT2D eigenvalue weighted by Gasteiger charge is -2.36. The third kappa shape index (κ3) is 3.58. The lowest BCUT2D eigenvalue weighted by Crippen LogP contribution is -2.51. The molecule has 1 fully saturated rings. The summed E-state index contributed by atoms with van der Waals surface area (Å²) in [4.78, 5) is 17.0. The molecule has 1 N–H and O–H groups in total. The zero-order valence-corrected chi connectivity index (χ0v) is 14.1. The van der Waals surface area contributed by atoms with Crippen LogP contribution in [-0.4, -0.2) is 22.2 Å². The second-order valence-corrected chi connectivity index (χ2v) is 6.34. The van der Waals surface area contributed by atoms with Gasteiger partial charge in [-0.3, -0.25) is 4.79 Å². The highest BCUT2D eigenvalue weighted by atomic mass is 16.5. The molecule has 24 heavy (non-hydrogen) atoms. The summed E-state index contributed by atoms with van der Waals surface area (Å²) in [5.41, 5.74) is -0.554. The van der Waals surface area contributed by atoms with Crippen molar-refractivity contribution in [2.75, 3.05) is 0 Å². The number of ether oxygens (including phenoxy) is 1. The number of para-hydroxylation sites is 1. The third-order valence-electron chi connectivity index (χ3n) is 4.45. The van der Waals surface area contributed by atoms with Gasteiger partial charge in [0.1, 0.15) is 11.3 Å². The first kappa shape index (κ1) is 16.5. The molecule has 0 aliphatic heterocycles. The molecule has 6 heteroatoms. The van der Waals surface area contributed by atoms with Crippen LogP contribution in [0.25, 0.3) is 0 Å². The van der Waals surface area contributed by atoms with E-state index in [9.17, 15) is 4.79 Å². The predicted octanol–water partition coefficient (Wildman–Crippen LogP) is 3.12. The van der Waals surface area contributed by atoms with E-state index in [-0.39, 0.29) is 5.91 Å². The van der Waals surface area contributed by atoms with Crippen molar-refractivity contribution in [3.05, 3.63) is 42.0 Å². The average molecular weight is 329 g/mol. The van der Waals surface area contributed by atoms with Gasteiger partial charge >= 0.3 is 0 Å². The summed E-state index contributed by atoms with van der Waals surface area (Å²) in [6.45, 7) is 3.51. The number of amides is 1. The fraction of sp³-hybridized carbons (Fsp3) is 0.500. The van der Waals surface area contributed by atoms with Crippen molar-refractivity contribution in [2.45, 2.75) is 57.6 Å². The van der Waals surface area contributed by atoms with Crippen LogP contribution in [0.2, 0.25) is 0 Å². The summed E-state index contributed by atoms with van der Waals surface area (Å²) in [5, 5.41) is 7.20. The number of carbonyl (C=O) groups excluding carboxylic acids is 1. The Labute approximate surface area is 141 Å². The number of aromatic nitrogens is 2. The highest BCUT2D eigenvalue weighted by Gasteiger charge is 2.40. The van der Waals surface area contributed by atoms with Gasteiger partial charge in [-0.05, 0) is 31.9 Å². The van der Waals surface area contributed by atoms with Crippen LogP contribution in [0.15, 0.2) is 34.9 Å². The maximum Gasteiger partial charge on any atom is 0.261 e. The topological polar surface area (TPSA) is 77.2 Å². The number of aryl methyl sites for hydroxylation is 1. The fourth-order valence-electron chi connectivity index (χ4n) is 3.15. The molecule has 1 atom stereocenters. The molecule has 2 aromatic rings. The van der Waals surface area contributed by atoms with E-state index >= 15 is 0 Å². The van der Waals surface area contributed by atoms with Crippen molar-refractivity contribution in [1.29, 1.82) is 0 Å². The van der Waals surface area contributed by atoms with E-state index < -0.39 is 11.6 Å². The van der Waals surface area contributed by atoms with Gasteiger partial charge in [-0.1, -0.05) is 42.6 Å². The Morgan fingerprint density at radius 2 is 1.96 bits per heavy atom. The van der Waals surface area contributed by atoms with Gasteiger partial charge in [0.25, 0.3) is 5.91 Å². The summed E-state index contributed by atoms with van der Waals surface area (Å²) in [5.74, 6) is 1.59. The van der Waals surface area contributed by atoms with Crippen molar-refractivity contribution in [3.8, 4) is 5.75 Å². The average Bonchev–Trinajstić information content (AvgIpc) is 3.04. The summed E-state index contributed by atoms with van der Waals surface area (Å²) in [7, 11) is 0. The van der Waals surface area contributed by atoms with Crippen LogP contribution in [-0.2, 0) is 10.3 Å². The van der Waals surface area contributed by atoms with Crippen molar-refractivity contribution in [2.24, 2.45) is 0 Å². The Morgan fingerprint density at radius 3 is 2.58 bits per heavy atom. The molecule has 1 unspecified atom stereocenters. The van der Waals surface area contributed by atoms with E-state index in [1.165, 1.54) is 0 Å². The largest absolute Gasteiger partial charge is 0.481 e. The molecule has 1 saturated carbocycles. The molecule has 1 aromatic carbocycles. The first-order valence-corrected chi connectivity index (χ1v) is 8.44. The van der Waals surface area contributed by atoms with Crippen molar-refractivity contribution in [3.63, 3.8) is 0 Å². The zero-order chi connectivity index (χ0) is 17.0. The molecule has 0 spiro atoms. The first-order chi connectivity index (χ1) is 11.6. The minimum Gasteiger partial charge on any atom is -0.481 e. The van der Waals surface area contributed by atoms with Crippen molar-refractivity contribution < 1.29 is 14.1 Å². The van der Waals surface area contributed by atoms with Crippen LogP contribution in [0.3, 0.4) is 0 Å². The van der Waals surface area contributed by atoms with E-state index in [0.717, 1.165) is 32.1 Å². The molecular weight excluding hydrogens is 306 g/mol. The van der Waals surface area contributed by atoms with Crippen LogP contribution in [0, 0.1) is 6.92 Å². The second kappa shape index (κ2) is 7.03. The molecule has 3 rings (SSSR count). The molecule has 1 aliphatic rings. The van der Waals surface area contributed by atoms with E-state index in [1.807, 2.05) is 30.3 Å². The van der Waals surface area contributed by atoms with Gasteiger partial charge in [0, 0.05) is 6.92 Å². The number of nitrogens with zero attached hydrogens (tertiary/aromatic N) is 2. The van der Waals surface area contributed by atoms with E-state index in [0.29, 0.717) is 17.5 Å². The monoisotopic (exact) mass is 329 g/mol. The molecule has 6 nitrogen and oxygen atoms in total. The smallest absolute Gasteiger partial charge is 0.261 e. The zero-order valence-electron chi connectivity index (χ0n) is 14.1. The summed E-state index contributed by atoms with van der Waals surface area (Å²) < 4.78 is 10.9. The lowest BCUT2D eigenvalue weighted by molar-refractivity contribution is -0.130. The molecule has 0 bridgehead atoms. The molecule has 1 aromatic heterocycles. The van der Waals surface area contributed by atoms with Gasteiger partial charge in [0.05, 0.1) is 0 Å². The minimum absolute atomic E-state index is 0.164. The van der Waals surface area contributed by atoms with Crippen LogP contribution in [0.4, 0.5) is 0 Å². The number of carbonyl (C=O) groups is 1. The Hall–Kier alpha value is -2.37. The summed E-state index contributed by atoms with van der Waals surface area (Å²) in [6.07, 6.45) is 4.25. The summed E-state index contributed by atoms with van der Waals surface area (Å²) >= 11 is 0. The van der Waals surface area contributed by atoms with E-state index in [1.54, 1.807) is 13.8 Å². The number of hydrogen-bond donors (Lipinski definition) is 1. The molecule has 128 valence electrons. The van der Waals surface area contributed by atoms with E-state index in [4.69, 9.17) is 9.26 Å². The van der Waals surface area contributed by atoms with Gasteiger partial charge in [-0.25, -0.2) is 0 Å². The standard InChI is InChI=1S/C18H23N3O3/c1-13(23-15-9-5-3-6-10-15)16(22)20-18(11-7-4-8-12-18)17-19-14(2)24-21-17/h3,5-6,9-10,13H,4,7-8,11-12H2,1-2H3,(H,20,22). The van der Waals surface area contributed by atoms with Gasteiger partial charge in [0.2, 0.25) is 5.89 Å². The van der Waals surface area contributed by atoms with Crippen molar-refractivity contribution >= 4 is 5.91 Å². The van der Waals surface area contributed by atoms with Crippen LogP contribution >= 0.6 is 0 Å². The molecule has 0 radical (unpaired) electrons. The van der Waals surface area contributed by atoms with Crippen LogP contribution in [0.1, 0.15) is 50.7 Å². The van der Waals surface area contributed by atoms with Crippen molar-refractivity contribution in [1.82, 2.24) is 15.5 Å². The minimum atomic E-state index is -0.598. The number of rotatable bonds is 5. The fourth-order valence-corrected chi connectivity index (χ4v) is 3.15. The predicted molar refractivity (Wildman–Crippen MR) is 88.5 cm³/mol. The third-order valence-corrected chi connectivity index (χ3v) is 4.45. The molecular formula is C18H23N3O3. The second-order valence-electron chi connectivity index (χ2n) is 6.34. The molecule has 1 aliphatic carbocycles. The van der Waals surface area contributed by atoms with Crippen LogP contribution in [0.5, 0.6) is 5.75 Å². The van der Waals surface area contributed by atoms with Crippen LogP contribution < -0.4 is 10.1 Å². The quantitative estimate of drug-likeness (QED) is 0.912.